The van der Waals surface area contributed by atoms with Gasteiger partial charge in [0, 0.05) is 27.2 Å². The molecule has 0 fully saturated rings. The summed E-state index contributed by atoms with van der Waals surface area (Å²) in [6, 6.07) is 8.24. The lowest BCUT2D eigenvalue weighted by Gasteiger charge is -2.35. The van der Waals surface area contributed by atoms with Gasteiger partial charge in [-0.2, -0.15) is 0 Å². The number of rotatable bonds is 4. The molecule has 1 aromatic rings. The number of carbonyl (C=O) groups excluding carboxylic acids is 1. The van der Waals surface area contributed by atoms with Crippen molar-refractivity contribution in [1.82, 2.24) is 10.2 Å². The molecule has 0 aromatic heterocycles. The molecule has 1 N–H and O–H groups in total. The number of ether oxygens (including phenoxy) is 1. The molecule has 4 heteroatoms. The number of hydrogen-bond acceptors (Lipinski definition) is 3. The van der Waals surface area contributed by atoms with Crippen LogP contribution < -0.4 is 5.32 Å². The van der Waals surface area contributed by atoms with Gasteiger partial charge in [-0.25, -0.2) is 0 Å². The van der Waals surface area contributed by atoms with Crippen molar-refractivity contribution >= 4 is 5.91 Å². The van der Waals surface area contributed by atoms with Crippen molar-refractivity contribution in [2.45, 2.75) is 19.0 Å². The van der Waals surface area contributed by atoms with Gasteiger partial charge < -0.3 is 10.1 Å². The first-order valence-electron chi connectivity index (χ1n) is 6.27. The first-order chi connectivity index (χ1) is 8.76. The van der Waals surface area contributed by atoms with Gasteiger partial charge in [0.05, 0.1) is 12.6 Å². The zero-order chi connectivity index (χ0) is 13.0. The zero-order valence-corrected chi connectivity index (χ0v) is 11.0. The predicted octanol–water partition coefficient (Wildman–Crippen LogP) is 0.806. The summed E-state index contributed by atoms with van der Waals surface area (Å²) in [6.07, 6.45) is 0.777. The highest BCUT2D eigenvalue weighted by Gasteiger charge is 2.30. The molecule has 18 heavy (non-hydrogen) atoms. The van der Waals surface area contributed by atoms with Crippen LogP contribution in [0.2, 0.25) is 0 Å². The molecule has 2 rings (SSSR count). The van der Waals surface area contributed by atoms with E-state index in [1.54, 1.807) is 14.2 Å². The Labute approximate surface area is 108 Å². The average Bonchev–Trinajstić information content (AvgIpc) is 2.43. The topological polar surface area (TPSA) is 41.6 Å². The molecular weight excluding hydrogens is 228 g/mol. The quantitative estimate of drug-likeness (QED) is 0.857. The Morgan fingerprint density at radius 2 is 2.17 bits per heavy atom. The number of carbonyl (C=O) groups is 1. The average molecular weight is 248 g/mol. The predicted molar refractivity (Wildman–Crippen MR) is 70.3 cm³/mol. The van der Waals surface area contributed by atoms with Crippen LogP contribution in [0.25, 0.3) is 0 Å². The molecule has 0 radical (unpaired) electrons. The van der Waals surface area contributed by atoms with Crippen LogP contribution in [0, 0.1) is 0 Å². The van der Waals surface area contributed by atoms with E-state index in [1.807, 2.05) is 12.1 Å². The lowest BCUT2D eigenvalue weighted by molar-refractivity contribution is -0.126. The fourth-order valence-corrected chi connectivity index (χ4v) is 2.45. The normalized spacial score (nSPS) is 19.3. The highest BCUT2D eigenvalue weighted by molar-refractivity contribution is 5.82. The molecule has 1 aliphatic heterocycles. The molecule has 1 atom stereocenters. The summed E-state index contributed by atoms with van der Waals surface area (Å²) < 4.78 is 5.12. The number of benzene rings is 1. The largest absolute Gasteiger partial charge is 0.383 e. The molecule has 0 aliphatic carbocycles. The minimum absolute atomic E-state index is 0.0833. The third kappa shape index (κ3) is 2.71. The number of likely N-dealkylation sites (N-methyl/N-ethyl adjacent to an activating group) is 1. The van der Waals surface area contributed by atoms with E-state index >= 15 is 0 Å². The van der Waals surface area contributed by atoms with Gasteiger partial charge in [-0.05, 0) is 17.5 Å². The van der Waals surface area contributed by atoms with E-state index in [0.717, 1.165) is 19.5 Å². The van der Waals surface area contributed by atoms with Crippen LogP contribution in [0.5, 0.6) is 0 Å². The van der Waals surface area contributed by atoms with Gasteiger partial charge in [0.2, 0.25) is 5.91 Å². The maximum absolute atomic E-state index is 12.0. The Morgan fingerprint density at radius 1 is 1.44 bits per heavy atom. The second-order valence-corrected chi connectivity index (χ2v) is 4.57. The van der Waals surface area contributed by atoms with Crippen molar-refractivity contribution in [3.8, 4) is 0 Å². The minimum atomic E-state index is -0.0833. The third-order valence-electron chi connectivity index (χ3n) is 3.48. The molecule has 0 spiro atoms. The Kier molecular flexibility index (Phi) is 4.33. The maximum atomic E-state index is 12.0. The summed E-state index contributed by atoms with van der Waals surface area (Å²) >= 11 is 0. The first-order valence-corrected chi connectivity index (χ1v) is 6.27. The smallest absolute Gasteiger partial charge is 0.237 e. The van der Waals surface area contributed by atoms with Gasteiger partial charge in [-0.15, -0.1) is 0 Å². The molecule has 1 heterocycles. The summed E-state index contributed by atoms with van der Waals surface area (Å²) in [6.45, 7) is 2.25. The molecule has 4 nitrogen and oxygen atoms in total. The molecule has 1 amide bonds. The van der Waals surface area contributed by atoms with Gasteiger partial charge in [-0.1, -0.05) is 24.3 Å². The van der Waals surface area contributed by atoms with Gasteiger partial charge in [0.25, 0.3) is 0 Å². The van der Waals surface area contributed by atoms with E-state index in [4.69, 9.17) is 4.74 Å². The highest BCUT2D eigenvalue weighted by atomic mass is 16.5. The molecular formula is C14H20N2O2. The Morgan fingerprint density at radius 3 is 2.83 bits per heavy atom. The molecule has 1 aliphatic rings. The molecule has 98 valence electrons. The van der Waals surface area contributed by atoms with Crippen molar-refractivity contribution in [3.05, 3.63) is 35.4 Å². The Bertz CT molecular complexity index is 420. The van der Waals surface area contributed by atoms with E-state index in [2.05, 4.69) is 22.3 Å². The zero-order valence-electron chi connectivity index (χ0n) is 11.0. The van der Waals surface area contributed by atoms with E-state index in [-0.39, 0.29) is 11.9 Å². The van der Waals surface area contributed by atoms with E-state index < -0.39 is 0 Å². The maximum Gasteiger partial charge on any atom is 0.237 e. The van der Waals surface area contributed by atoms with Crippen LogP contribution in [-0.4, -0.2) is 44.2 Å². The van der Waals surface area contributed by atoms with Gasteiger partial charge in [0.1, 0.15) is 0 Å². The van der Waals surface area contributed by atoms with E-state index in [9.17, 15) is 4.79 Å². The van der Waals surface area contributed by atoms with Crippen LogP contribution in [0.15, 0.2) is 24.3 Å². The van der Waals surface area contributed by atoms with Crippen LogP contribution >= 0.6 is 0 Å². The van der Waals surface area contributed by atoms with Crippen LogP contribution in [0.3, 0.4) is 0 Å². The molecule has 0 saturated heterocycles. The molecule has 0 saturated carbocycles. The summed E-state index contributed by atoms with van der Waals surface area (Å²) in [5.74, 6) is 0.0839. The number of methoxy groups -OCH3 is 1. The molecule has 0 bridgehead atoms. The third-order valence-corrected chi connectivity index (χ3v) is 3.48. The summed E-state index contributed by atoms with van der Waals surface area (Å²) in [4.78, 5) is 14.1. The second-order valence-electron chi connectivity index (χ2n) is 4.57. The molecule has 1 aromatic carbocycles. The van der Waals surface area contributed by atoms with Gasteiger partial charge >= 0.3 is 0 Å². The van der Waals surface area contributed by atoms with E-state index in [1.165, 1.54) is 11.1 Å². The fourth-order valence-electron chi connectivity index (χ4n) is 2.45. The fraction of sp³-hybridized carbons (Fsp3) is 0.500. The number of nitrogens with one attached hydrogen (secondary N) is 1. The van der Waals surface area contributed by atoms with Crippen molar-refractivity contribution in [2.75, 3.05) is 27.3 Å². The van der Waals surface area contributed by atoms with Crippen LogP contribution in [-0.2, 0) is 22.5 Å². The number of nitrogens with zero attached hydrogens (tertiary/aromatic N) is 1. The molecule has 0 unspecified atom stereocenters. The number of fused-ring (bicyclic) bond motifs is 1. The summed E-state index contributed by atoms with van der Waals surface area (Å²) in [5.41, 5.74) is 2.59. The van der Waals surface area contributed by atoms with Crippen LogP contribution in [0.1, 0.15) is 11.1 Å². The lowest BCUT2D eigenvalue weighted by Crippen LogP contribution is -2.50. The number of hydrogen-bond donors (Lipinski definition) is 1. The van der Waals surface area contributed by atoms with Gasteiger partial charge in [-0.3, -0.25) is 9.69 Å². The van der Waals surface area contributed by atoms with Crippen molar-refractivity contribution in [2.24, 2.45) is 0 Å². The van der Waals surface area contributed by atoms with Crippen LogP contribution in [0.4, 0.5) is 0 Å². The van der Waals surface area contributed by atoms with Gasteiger partial charge in [0.15, 0.2) is 0 Å². The lowest BCUT2D eigenvalue weighted by atomic mass is 9.93. The standard InChI is InChI=1S/C14H20N2O2/c1-15-14(17)13-9-11-5-3-4-6-12(11)10-16(13)7-8-18-2/h3-6,13H,7-10H2,1-2H3,(H,15,17)/t13-/m1/s1. The summed E-state index contributed by atoms with van der Waals surface area (Å²) in [7, 11) is 3.38. The Hall–Kier alpha value is -1.39. The SMILES string of the molecule is CNC(=O)[C@H]1Cc2ccccc2CN1CCOC. The monoisotopic (exact) mass is 248 g/mol. The van der Waals surface area contributed by atoms with Crippen molar-refractivity contribution < 1.29 is 9.53 Å². The van der Waals surface area contributed by atoms with E-state index in [0.29, 0.717) is 6.61 Å². The summed E-state index contributed by atoms with van der Waals surface area (Å²) in [5, 5.41) is 2.75. The minimum Gasteiger partial charge on any atom is -0.383 e. The number of amides is 1. The Balaban J connectivity index is 2.19. The van der Waals surface area contributed by atoms with Crippen molar-refractivity contribution in [3.63, 3.8) is 0 Å². The highest BCUT2D eigenvalue weighted by Crippen LogP contribution is 2.23. The second kappa shape index (κ2) is 5.98. The van der Waals surface area contributed by atoms with Crippen molar-refractivity contribution in [1.29, 1.82) is 0 Å². The first kappa shape index (κ1) is 13.1.